The highest BCUT2D eigenvalue weighted by Gasteiger charge is 2.39. The van der Waals surface area contributed by atoms with Crippen molar-refractivity contribution in [1.29, 1.82) is 0 Å². The molecule has 0 aliphatic carbocycles. The van der Waals surface area contributed by atoms with Crippen molar-refractivity contribution < 1.29 is 0 Å². The molecule has 0 radical (unpaired) electrons. The van der Waals surface area contributed by atoms with Crippen molar-refractivity contribution >= 4 is 21.5 Å². The number of aromatic amines is 1. The molecule has 1 rings (SSSR count). The standard InChI is InChI=1S/C11H23NSi2/c1-10(13(2,3)4)14(5,6)11-8-7-9-12-11/h7-10,12H,1-6H3. The molecule has 14 heavy (non-hydrogen) atoms. The van der Waals surface area contributed by atoms with Crippen LogP contribution in [0.25, 0.3) is 0 Å². The Kier molecular flexibility index (Phi) is 3.12. The summed E-state index contributed by atoms with van der Waals surface area (Å²) in [6.45, 7) is 14.9. The number of H-pyrrole nitrogens is 1. The highest BCUT2D eigenvalue weighted by Crippen LogP contribution is 2.30. The van der Waals surface area contributed by atoms with Crippen LogP contribution in [0.15, 0.2) is 18.3 Å². The van der Waals surface area contributed by atoms with Gasteiger partial charge in [0, 0.05) is 14.3 Å². The predicted octanol–water partition coefficient (Wildman–Crippen LogP) is 3.20. The summed E-state index contributed by atoms with van der Waals surface area (Å²) in [5, 5.41) is 2.42. The Bertz CT molecular complexity index is 283. The van der Waals surface area contributed by atoms with Gasteiger partial charge in [0.25, 0.3) is 0 Å². The van der Waals surface area contributed by atoms with E-state index in [0.717, 1.165) is 5.16 Å². The van der Waals surface area contributed by atoms with Gasteiger partial charge < -0.3 is 4.98 Å². The molecule has 3 heteroatoms. The van der Waals surface area contributed by atoms with Gasteiger partial charge in [-0.05, 0) is 22.6 Å². The maximum absolute atomic E-state index is 3.41. The normalized spacial score (nSPS) is 15.6. The SMILES string of the molecule is CC([Si](C)(C)C)[Si](C)(C)c1ccc[nH]1. The van der Waals surface area contributed by atoms with Crippen molar-refractivity contribution in [2.75, 3.05) is 0 Å². The Morgan fingerprint density at radius 3 is 2.07 bits per heavy atom. The molecule has 0 aliphatic rings. The first kappa shape index (κ1) is 11.8. The zero-order valence-corrected chi connectivity index (χ0v) is 12.3. The quantitative estimate of drug-likeness (QED) is 0.761. The summed E-state index contributed by atoms with van der Waals surface area (Å²) >= 11 is 0. The molecule has 0 saturated carbocycles. The Hall–Kier alpha value is -0.286. The van der Waals surface area contributed by atoms with E-state index in [9.17, 15) is 0 Å². The van der Waals surface area contributed by atoms with Crippen molar-refractivity contribution in [2.24, 2.45) is 0 Å². The molecule has 1 heterocycles. The number of hydrogen-bond donors (Lipinski definition) is 1. The zero-order valence-electron chi connectivity index (χ0n) is 10.3. The first-order chi connectivity index (χ1) is 6.26. The molecule has 1 unspecified atom stereocenters. The lowest BCUT2D eigenvalue weighted by molar-refractivity contribution is 1.18. The third-order valence-corrected chi connectivity index (χ3v) is 14.9. The number of hydrogen-bond acceptors (Lipinski definition) is 0. The van der Waals surface area contributed by atoms with Crippen molar-refractivity contribution in [3.05, 3.63) is 18.3 Å². The monoisotopic (exact) mass is 225 g/mol. The molecule has 0 amide bonds. The van der Waals surface area contributed by atoms with E-state index >= 15 is 0 Å². The summed E-state index contributed by atoms with van der Waals surface area (Å²) in [4.78, 5) is 3.41. The molecule has 1 atom stereocenters. The molecular weight excluding hydrogens is 202 g/mol. The van der Waals surface area contributed by atoms with E-state index in [1.54, 1.807) is 0 Å². The third kappa shape index (κ3) is 2.20. The summed E-state index contributed by atoms with van der Waals surface area (Å²) < 4.78 is 0. The van der Waals surface area contributed by atoms with Crippen LogP contribution in [0.5, 0.6) is 0 Å². The third-order valence-electron chi connectivity index (χ3n) is 3.67. The average molecular weight is 225 g/mol. The summed E-state index contributed by atoms with van der Waals surface area (Å²) in [6, 6.07) is 4.39. The molecule has 1 N–H and O–H groups in total. The minimum absolute atomic E-state index is 0.911. The van der Waals surface area contributed by atoms with Gasteiger partial charge in [0.05, 0.1) is 0 Å². The van der Waals surface area contributed by atoms with Crippen LogP contribution in [0.4, 0.5) is 0 Å². The summed E-state index contributed by atoms with van der Waals surface area (Å²) in [7, 11) is -2.27. The maximum Gasteiger partial charge on any atom is 0.101 e. The first-order valence-electron chi connectivity index (χ1n) is 5.40. The second-order valence-corrected chi connectivity index (χ2v) is 16.9. The lowest BCUT2D eigenvalue weighted by Crippen LogP contribution is -2.53. The van der Waals surface area contributed by atoms with Crippen LogP contribution < -0.4 is 5.32 Å². The van der Waals surface area contributed by atoms with Gasteiger partial charge in [-0.3, -0.25) is 0 Å². The molecule has 0 bridgehead atoms. The topological polar surface area (TPSA) is 15.8 Å². The van der Waals surface area contributed by atoms with Gasteiger partial charge in [-0.25, -0.2) is 0 Å². The molecule has 0 saturated heterocycles. The fraction of sp³-hybridized carbons (Fsp3) is 0.636. The van der Waals surface area contributed by atoms with Crippen LogP contribution in [0.2, 0.25) is 37.9 Å². The Balaban J connectivity index is 2.96. The van der Waals surface area contributed by atoms with Crippen LogP contribution in [-0.4, -0.2) is 21.1 Å². The largest absolute Gasteiger partial charge is 0.369 e. The van der Waals surface area contributed by atoms with Crippen LogP contribution in [0.3, 0.4) is 0 Å². The van der Waals surface area contributed by atoms with E-state index < -0.39 is 16.1 Å². The number of nitrogens with one attached hydrogen (secondary N) is 1. The molecule has 1 aromatic rings. The van der Waals surface area contributed by atoms with Gasteiger partial charge >= 0.3 is 0 Å². The van der Waals surface area contributed by atoms with Gasteiger partial charge in [-0.15, -0.1) is 0 Å². The molecule has 0 spiro atoms. The molecule has 80 valence electrons. The van der Waals surface area contributed by atoms with Crippen LogP contribution in [-0.2, 0) is 0 Å². The lowest BCUT2D eigenvalue weighted by Gasteiger charge is -2.37. The zero-order chi connectivity index (χ0) is 11.0. The van der Waals surface area contributed by atoms with Crippen molar-refractivity contribution in [3.63, 3.8) is 0 Å². The van der Waals surface area contributed by atoms with Gasteiger partial charge in [0.1, 0.15) is 8.07 Å². The van der Waals surface area contributed by atoms with Gasteiger partial charge in [-0.2, -0.15) is 0 Å². The minimum Gasteiger partial charge on any atom is -0.369 e. The van der Waals surface area contributed by atoms with E-state index in [1.165, 1.54) is 5.32 Å². The van der Waals surface area contributed by atoms with Crippen molar-refractivity contribution in [2.45, 2.75) is 44.8 Å². The second-order valence-electron chi connectivity index (χ2n) is 5.89. The van der Waals surface area contributed by atoms with Gasteiger partial charge in [0.2, 0.25) is 0 Å². The second kappa shape index (κ2) is 3.70. The van der Waals surface area contributed by atoms with Crippen molar-refractivity contribution in [3.8, 4) is 0 Å². The van der Waals surface area contributed by atoms with E-state index in [0.29, 0.717) is 0 Å². The van der Waals surface area contributed by atoms with E-state index in [-0.39, 0.29) is 0 Å². The van der Waals surface area contributed by atoms with E-state index in [1.807, 2.05) is 0 Å². The fourth-order valence-corrected chi connectivity index (χ4v) is 12.6. The van der Waals surface area contributed by atoms with Crippen molar-refractivity contribution in [1.82, 2.24) is 4.98 Å². The van der Waals surface area contributed by atoms with Crippen LogP contribution >= 0.6 is 0 Å². The molecule has 0 aromatic carbocycles. The van der Waals surface area contributed by atoms with E-state index in [4.69, 9.17) is 0 Å². The van der Waals surface area contributed by atoms with Gasteiger partial charge in [0.15, 0.2) is 0 Å². The Morgan fingerprint density at radius 2 is 1.71 bits per heavy atom. The Labute approximate surface area is 90.0 Å². The average Bonchev–Trinajstić information content (AvgIpc) is 2.53. The fourth-order valence-electron chi connectivity index (χ4n) is 2.05. The number of aromatic nitrogens is 1. The molecule has 0 aliphatic heterocycles. The molecule has 1 aromatic heterocycles. The summed E-state index contributed by atoms with van der Waals surface area (Å²) in [5.74, 6) is 0. The maximum atomic E-state index is 3.41. The first-order valence-corrected chi connectivity index (χ1v) is 12.1. The predicted molar refractivity (Wildman–Crippen MR) is 70.7 cm³/mol. The molecular formula is C11H23NSi2. The summed E-state index contributed by atoms with van der Waals surface area (Å²) in [6.07, 6.45) is 2.06. The van der Waals surface area contributed by atoms with E-state index in [2.05, 4.69) is 63.0 Å². The lowest BCUT2D eigenvalue weighted by atomic mass is 10.7. The minimum atomic E-state index is -1.26. The highest BCUT2D eigenvalue weighted by molar-refractivity contribution is 7.02. The van der Waals surface area contributed by atoms with Crippen LogP contribution in [0, 0.1) is 0 Å². The summed E-state index contributed by atoms with van der Waals surface area (Å²) in [5.41, 5.74) is 0. The molecule has 0 fully saturated rings. The van der Waals surface area contributed by atoms with Crippen LogP contribution in [0.1, 0.15) is 6.92 Å². The Morgan fingerprint density at radius 1 is 1.14 bits per heavy atom. The van der Waals surface area contributed by atoms with Gasteiger partial charge in [-0.1, -0.05) is 39.7 Å². The highest BCUT2D eigenvalue weighted by atomic mass is 28.4. The molecule has 1 nitrogen and oxygen atoms in total. The smallest absolute Gasteiger partial charge is 0.101 e. The number of rotatable bonds is 3.